The molecule has 15 heavy (non-hydrogen) atoms. The predicted molar refractivity (Wildman–Crippen MR) is 54.2 cm³/mol. The SMILES string of the molecule is CC(F)=N[C@H]1C(F)N2C1CC1CC(C)[C@H]12. The summed E-state index contributed by atoms with van der Waals surface area (Å²) in [4.78, 5) is 5.69. The number of hydrogen-bond donors (Lipinski definition) is 0. The van der Waals surface area contributed by atoms with Crippen LogP contribution >= 0.6 is 0 Å². The maximum absolute atomic E-state index is 13.8. The lowest BCUT2D eigenvalue weighted by molar-refractivity contribution is -0.111. The molecule has 3 rings (SSSR count). The lowest BCUT2D eigenvalue weighted by Gasteiger charge is -2.51. The van der Waals surface area contributed by atoms with Gasteiger partial charge in [-0.05, 0) is 24.7 Å². The second-order valence-corrected chi connectivity index (χ2v) is 5.20. The minimum absolute atomic E-state index is 0.172. The molecule has 1 saturated carbocycles. The van der Waals surface area contributed by atoms with Gasteiger partial charge in [-0.15, -0.1) is 0 Å². The third-order valence-corrected chi connectivity index (χ3v) is 4.30. The van der Waals surface area contributed by atoms with E-state index >= 15 is 0 Å². The van der Waals surface area contributed by atoms with Crippen LogP contribution in [0.15, 0.2) is 4.99 Å². The van der Waals surface area contributed by atoms with Crippen LogP contribution in [0.2, 0.25) is 0 Å². The molecule has 6 atom stereocenters. The van der Waals surface area contributed by atoms with Gasteiger partial charge in [0.25, 0.3) is 0 Å². The summed E-state index contributed by atoms with van der Waals surface area (Å²) in [5, 5.41) is 0. The van der Waals surface area contributed by atoms with E-state index in [0.717, 1.165) is 6.42 Å². The average molecular weight is 214 g/mol. The molecular formula is C11H16F2N2. The predicted octanol–water partition coefficient (Wildman–Crippen LogP) is 2.15. The molecule has 0 N–H and O–H groups in total. The van der Waals surface area contributed by atoms with Crippen molar-refractivity contribution in [1.29, 1.82) is 0 Å². The van der Waals surface area contributed by atoms with E-state index in [2.05, 4.69) is 11.9 Å². The van der Waals surface area contributed by atoms with Crippen molar-refractivity contribution in [3.63, 3.8) is 0 Å². The summed E-state index contributed by atoms with van der Waals surface area (Å²) in [6, 6.07) is 0.148. The Balaban J connectivity index is 1.77. The lowest BCUT2D eigenvalue weighted by Crippen LogP contribution is -2.66. The third kappa shape index (κ3) is 1.14. The molecule has 0 aromatic carbocycles. The maximum Gasteiger partial charge on any atom is 0.181 e. The molecule has 2 nitrogen and oxygen atoms in total. The van der Waals surface area contributed by atoms with Crippen LogP contribution in [0.4, 0.5) is 8.78 Å². The summed E-state index contributed by atoms with van der Waals surface area (Å²) < 4.78 is 26.4. The fraction of sp³-hybridized carbons (Fsp3) is 0.909. The van der Waals surface area contributed by atoms with Crippen LogP contribution in [0.25, 0.3) is 0 Å². The molecule has 4 heteroatoms. The van der Waals surface area contributed by atoms with Gasteiger partial charge >= 0.3 is 0 Å². The van der Waals surface area contributed by atoms with Crippen molar-refractivity contribution in [3.05, 3.63) is 0 Å². The van der Waals surface area contributed by atoms with E-state index in [-0.39, 0.29) is 6.04 Å². The Hall–Kier alpha value is -0.510. The fourth-order valence-corrected chi connectivity index (χ4v) is 3.73. The van der Waals surface area contributed by atoms with Crippen molar-refractivity contribution in [2.45, 2.75) is 51.1 Å². The monoisotopic (exact) mass is 214 g/mol. The van der Waals surface area contributed by atoms with Gasteiger partial charge in [0.1, 0.15) is 6.04 Å². The van der Waals surface area contributed by atoms with Crippen LogP contribution in [0.1, 0.15) is 26.7 Å². The number of alkyl halides is 1. The molecular weight excluding hydrogens is 198 g/mol. The normalized spacial score (nSPS) is 54.3. The Kier molecular flexibility index (Phi) is 1.94. The van der Waals surface area contributed by atoms with Crippen molar-refractivity contribution in [2.75, 3.05) is 0 Å². The first-order valence-corrected chi connectivity index (χ1v) is 5.71. The fourth-order valence-electron chi connectivity index (χ4n) is 3.73. The van der Waals surface area contributed by atoms with Gasteiger partial charge in [0.15, 0.2) is 12.3 Å². The summed E-state index contributed by atoms with van der Waals surface area (Å²) in [5.74, 6) is 0.757. The van der Waals surface area contributed by atoms with E-state index in [9.17, 15) is 8.78 Å². The Morgan fingerprint density at radius 1 is 1.40 bits per heavy atom. The van der Waals surface area contributed by atoms with Crippen LogP contribution < -0.4 is 0 Å². The highest BCUT2D eigenvalue weighted by molar-refractivity contribution is 5.72. The smallest absolute Gasteiger partial charge is 0.181 e. The van der Waals surface area contributed by atoms with E-state index in [1.165, 1.54) is 13.3 Å². The summed E-state index contributed by atoms with van der Waals surface area (Å²) in [7, 11) is 0. The quantitative estimate of drug-likeness (QED) is 0.482. The van der Waals surface area contributed by atoms with Crippen LogP contribution in [0.3, 0.4) is 0 Å². The van der Waals surface area contributed by atoms with Crippen molar-refractivity contribution >= 4 is 5.97 Å². The Bertz CT molecular complexity index is 314. The van der Waals surface area contributed by atoms with Crippen molar-refractivity contribution in [2.24, 2.45) is 16.8 Å². The van der Waals surface area contributed by atoms with E-state index in [1.807, 2.05) is 4.90 Å². The molecule has 3 fully saturated rings. The number of rotatable bonds is 1. The zero-order valence-corrected chi connectivity index (χ0v) is 9.03. The topological polar surface area (TPSA) is 15.6 Å². The standard InChI is InChI=1S/C11H16F2N2/c1-5-3-7-4-8-9(14-6(2)12)11(13)15(8)10(5)7/h5,7-11H,3-4H2,1-2H3/t5?,7?,8?,9-,10-,11?/m1/s1. The highest BCUT2D eigenvalue weighted by Gasteiger charge is 2.63. The van der Waals surface area contributed by atoms with Gasteiger partial charge in [0, 0.05) is 19.0 Å². The highest BCUT2D eigenvalue weighted by atomic mass is 19.1. The van der Waals surface area contributed by atoms with E-state index in [0.29, 0.717) is 17.9 Å². The molecule has 0 radical (unpaired) electrons. The summed E-state index contributed by atoms with van der Waals surface area (Å²) in [6.07, 6.45) is 1.17. The number of halogens is 2. The molecule has 0 bridgehead atoms. The number of aliphatic imine (C=N–C) groups is 1. The first-order chi connectivity index (χ1) is 7.09. The molecule has 0 aromatic rings. The van der Waals surface area contributed by atoms with Gasteiger partial charge in [0.2, 0.25) is 0 Å². The second-order valence-electron chi connectivity index (χ2n) is 5.20. The third-order valence-electron chi connectivity index (χ3n) is 4.30. The largest absolute Gasteiger partial charge is 0.263 e. The molecule has 84 valence electrons. The molecule has 3 aliphatic rings. The zero-order valence-electron chi connectivity index (χ0n) is 9.03. The molecule has 2 aliphatic heterocycles. The van der Waals surface area contributed by atoms with Gasteiger partial charge in [-0.1, -0.05) is 6.92 Å². The first-order valence-electron chi connectivity index (χ1n) is 5.71. The minimum atomic E-state index is -1.04. The van der Waals surface area contributed by atoms with E-state index in [4.69, 9.17) is 0 Å². The van der Waals surface area contributed by atoms with Crippen LogP contribution in [0, 0.1) is 11.8 Å². The second kappa shape index (κ2) is 3.00. The minimum Gasteiger partial charge on any atom is -0.263 e. The van der Waals surface area contributed by atoms with E-state index in [1.54, 1.807) is 0 Å². The highest BCUT2D eigenvalue weighted by Crippen LogP contribution is 2.54. The summed E-state index contributed by atoms with van der Waals surface area (Å²) >= 11 is 0. The summed E-state index contributed by atoms with van der Waals surface area (Å²) in [5.41, 5.74) is 0. The summed E-state index contributed by atoms with van der Waals surface area (Å²) in [6.45, 7) is 3.47. The Morgan fingerprint density at radius 3 is 2.73 bits per heavy atom. The zero-order chi connectivity index (χ0) is 10.7. The van der Waals surface area contributed by atoms with Gasteiger partial charge in [-0.3, -0.25) is 9.89 Å². The Morgan fingerprint density at radius 2 is 2.13 bits per heavy atom. The van der Waals surface area contributed by atoms with E-state index < -0.39 is 18.3 Å². The van der Waals surface area contributed by atoms with Crippen molar-refractivity contribution in [1.82, 2.24) is 4.90 Å². The van der Waals surface area contributed by atoms with Crippen LogP contribution in [0.5, 0.6) is 0 Å². The Labute approximate surface area is 88.4 Å². The van der Waals surface area contributed by atoms with Gasteiger partial charge in [-0.25, -0.2) is 4.39 Å². The molecule has 2 saturated heterocycles. The first kappa shape index (κ1) is 9.70. The maximum atomic E-state index is 13.8. The van der Waals surface area contributed by atoms with Gasteiger partial charge in [0.05, 0.1) is 0 Å². The number of fused-ring (bicyclic) bond motifs is 3. The number of nitrogens with zero attached hydrogens (tertiary/aromatic N) is 2. The lowest BCUT2D eigenvalue weighted by atomic mass is 9.71. The molecule has 0 amide bonds. The average Bonchev–Trinajstić information content (AvgIpc) is 2.44. The molecule has 1 aliphatic carbocycles. The van der Waals surface area contributed by atoms with Gasteiger partial charge < -0.3 is 0 Å². The molecule has 2 heterocycles. The molecule has 4 unspecified atom stereocenters. The molecule has 0 aromatic heterocycles. The van der Waals surface area contributed by atoms with Crippen molar-refractivity contribution in [3.8, 4) is 0 Å². The van der Waals surface area contributed by atoms with Gasteiger partial charge in [-0.2, -0.15) is 4.39 Å². The van der Waals surface area contributed by atoms with Crippen LogP contribution in [-0.2, 0) is 0 Å². The van der Waals surface area contributed by atoms with Crippen LogP contribution in [-0.4, -0.2) is 35.3 Å². The number of hydrogen-bond acceptors (Lipinski definition) is 2. The van der Waals surface area contributed by atoms with Crippen molar-refractivity contribution < 1.29 is 8.78 Å². The molecule has 0 spiro atoms.